The van der Waals surface area contributed by atoms with Gasteiger partial charge in [0.15, 0.2) is 0 Å². The highest BCUT2D eigenvalue weighted by Crippen LogP contribution is 2.17. The molecule has 1 heterocycles. The predicted molar refractivity (Wildman–Crippen MR) is 53.0 cm³/mol. The Kier molecular flexibility index (Phi) is 3.86. The standard InChI is InChI=1S/C3H2Cl4N6/c4-11-1-8-2(12-5)10-3(9-1)13(6)7/h(H2,8,9,10,11,12). The van der Waals surface area contributed by atoms with Crippen molar-refractivity contribution < 1.29 is 0 Å². The summed E-state index contributed by atoms with van der Waals surface area (Å²) in [5.41, 5.74) is 0. The molecule has 0 aromatic carbocycles. The second-order valence-electron chi connectivity index (χ2n) is 1.70. The Morgan fingerprint density at radius 3 is 1.69 bits per heavy atom. The van der Waals surface area contributed by atoms with Gasteiger partial charge in [0.25, 0.3) is 5.95 Å². The number of nitrogens with zero attached hydrogens (tertiary/aromatic N) is 4. The van der Waals surface area contributed by atoms with E-state index >= 15 is 0 Å². The fourth-order valence-corrected chi connectivity index (χ4v) is 0.845. The average molecular weight is 264 g/mol. The van der Waals surface area contributed by atoms with Crippen LogP contribution < -0.4 is 13.6 Å². The molecule has 0 atom stereocenters. The molecular weight excluding hydrogens is 262 g/mol. The van der Waals surface area contributed by atoms with Crippen LogP contribution in [0.15, 0.2) is 0 Å². The Hall–Kier alpha value is -0.430. The van der Waals surface area contributed by atoms with Gasteiger partial charge in [0.05, 0.1) is 0 Å². The first-order chi connectivity index (χ1) is 6.17. The second kappa shape index (κ2) is 4.71. The van der Waals surface area contributed by atoms with Gasteiger partial charge in [0, 0.05) is 47.1 Å². The monoisotopic (exact) mass is 262 g/mol. The molecule has 72 valence electrons. The SMILES string of the molecule is ClNc1nc(NCl)nc(N(Cl)Cl)n1. The van der Waals surface area contributed by atoms with Crippen LogP contribution in [-0.4, -0.2) is 15.0 Å². The van der Waals surface area contributed by atoms with Crippen molar-refractivity contribution in [3.8, 4) is 0 Å². The molecule has 0 spiro atoms. The predicted octanol–water partition coefficient (Wildman–Crippen LogP) is 2.12. The largest absolute Gasteiger partial charge is 0.266 e. The van der Waals surface area contributed by atoms with E-state index in [4.69, 9.17) is 47.1 Å². The lowest BCUT2D eigenvalue weighted by Gasteiger charge is -2.05. The number of hydrogen-bond donors (Lipinski definition) is 2. The molecule has 0 radical (unpaired) electrons. The van der Waals surface area contributed by atoms with E-state index in [9.17, 15) is 0 Å². The van der Waals surface area contributed by atoms with Crippen LogP contribution in [0, 0.1) is 0 Å². The summed E-state index contributed by atoms with van der Waals surface area (Å²) in [5.74, 6) is 0.131. The molecule has 1 aromatic rings. The van der Waals surface area contributed by atoms with E-state index in [1.807, 2.05) is 0 Å². The Bertz CT molecular complexity index is 269. The summed E-state index contributed by atoms with van der Waals surface area (Å²) in [6.07, 6.45) is 0. The Morgan fingerprint density at radius 2 is 1.38 bits per heavy atom. The lowest BCUT2D eigenvalue weighted by atomic mass is 10.8. The lowest BCUT2D eigenvalue weighted by molar-refractivity contribution is 1.07. The van der Waals surface area contributed by atoms with E-state index in [-0.39, 0.29) is 17.8 Å². The van der Waals surface area contributed by atoms with Crippen LogP contribution in [-0.2, 0) is 0 Å². The first-order valence-corrected chi connectivity index (χ1v) is 4.21. The maximum atomic E-state index is 5.37. The molecule has 0 fully saturated rings. The van der Waals surface area contributed by atoms with E-state index in [2.05, 4.69) is 24.6 Å². The van der Waals surface area contributed by atoms with Crippen molar-refractivity contribution in [2.45, 2.75) is 0 Å². The normalized spacial score (nSPS) is 9.54. The molecule has 0 saturated heterocycles. The van der Waals surface area contributed by atoms with Crippen molar-refractivity contribution in [3.05, 3.63) is 0 Å². The zero-order chi connectivity index (χ0) is 9.84. The van der Waals surface area contributed by atoms with Gasteiger partial charge in [-0.15, -0.1) is 0 Å². The zero-order valence-corrected chi connectivity index (χ0v) is 8.82. The Balaban J connectivity index is 3.07. The quantitative estimate of drug-likeness (QED) is 0.815. The van der Waals surface area contributed by atoms with Crippen molar-refractivity contribution in [2.24, 2.45) is 0 Å². The molecular formula is C3H2Cl4N6. The molecule has 0 aliphatic carbocycles. The first-order valence-electron chi connectivity index (χ1n) is 2.78. The molecule has 0 bridgehead atoms. The summed E-state index contributed by atoms with van der Waals surface area (Å²) in [7, 11) is 0. The number of hydrogen-bond acceptors (Lipinski definition) is 6. The van der Waals surface area contributed by atoms with Gasteiger partial charge in [-0.05, 0) is 0 Å². The van der Waals surface area contributed by atoms with Crippen LogP contribution in [0.1, 0.15) is 0 Å². The van der Waals surface area contributed by atoms with Crippen molar-refractivity contribution in [3.63, 3.8) is 0 Å². The zero-order valence-electron chi connectivity index (χ0n) is 5.80. The second-order valence-corrected chi connectivity index (χ2v) is 2.93. The maximum absolute atomic E-state index is 5.37. The van der Waals surface area contributed by atoms with Gasteiger partial charge in [-0.3, -0.25) is 9.67 Å². The van der Waals surface area contributed by atoms with Crippen LogP contribution in [0.3, 0.4) is 0 Å². The van der Waals surface area contributed by atoms with Gasteiger partial charge >= 0.3 is 0 Å². The maximum Gasteiger partial charge on any atom is 0.262 e. The minimum atomic E-state index is -0.00960. The highest BCUT2D eigenvalue weighted by molar-refractivity contribution is 6.48. The number of anilines is 3. The molecule has 2 N–H and O–H groups in total. The summed E-state index contributed by atoms with van der Waals surface area (Å²) in [6, 6.07) is 0. The van der Waals surface area contributed by atoms with E-state index in [1.54, 1.807) is 0 Å². The third kappa shape index (κ3) is 2.77. The summed E-state index contributed by atoms with van der Waals surface area (Å²) in [4.78, 5) is 15.4. The third-order valence-corrected chi connectivity index (χ3v) is 1.58. The Morgan fingerprint density at radius 1 is 0.923 bits per heavy atom. The number of rotatable bonds is 3. The minimum Gasteiger partial charge on any atom is -0.266 e. The van der Waals surface area contributed by atoms with Gasteiger partial charge in [-0.1, -0.05) is 0 Å². The Labute approximate surface area is 93.6 Å². The fraction of sp³-hybridized carbons (Fsp3) is 0. The molecule has 13 heavy (non-hydrogen) atoms. The number of aromatic nitrogens is 3. The van der Waals surface area contributed by atoms with E-state index < -0.39 is 0 Å². The topological polar surface area (TPSA) is 66.0 Å². The average Bonchev–Trinajstić information content (AvgIpc) is 2.16. The van der Waals surface area contributed by atoms with Gasteiger partial charge in [-0.2, -0.15) is 18.9 Å². The van der Waals surface area contributed by atoms with Crippen LogP contribution >= 0.6 is 47.1 Å². The summed E-state index contributed by atoms with van der Waals surface area (Å²) in [6.45, 7) is 0. The van der Waals surface area contributed by atoms with E-state index in [0.29, 0.717) is 3.94 Å². The molecule has 0 unspecified atom stereocenters. The first kappa shape index (κ1) is 10.6. The molecule has 0 saturated carbocycles. The van der Waals surface area contributed by atoms with Crippen LogP contribution in [0.4, 0.5) is 17.8 Å². The van der Waals surface area contributed by atoms with Gasteiger partial charge in [0.2, 0.25) is 11.9 Å². The van der Waals surface area contributed by atoms with Crippen molar-refractivity contribution in [1.82, 2.24) is 15.0 Å². The van der Waals surface area contributed by atoms with Crippen molar-refractivity contribution in [1.29, 1.82) is 0 Å². The van der Waals surface area contributed by atoms with Crippen LogP contribution in [0.2, 0.25) is 0 Å². The molecule has 1 rings (SSSR count). The highest BCUT2D eigenvalue weighted by Gasteiger charge is 2.09. The van der Waals surface area contributed by atoms with Gasteiger partial charge in [0.1, 0.15) is 0 Å². The number of halogens is 4. The molecule has 0 amide bonds. The van der Waals surface area contributed by atoms with Crippen molar-refractivity contribution >= 4 is 65.0 Å². The summed E-state index contributed by atoms with van der Waals surface area (Å²) in [5, 5.41) is 0. The molecule has 0 aliphatic rings. The van der Waals surface area contributed by atoms with Gasteiger partial charge < -0.3 is 0 Å². The summed E-state index contributed by atoms with van der Waals surface area (Å²) >= 11 is 21.2. The van der Waals surface area contributed by atoms with Crippen molar-refractivity contribution in [2.75, 3.05) is 13.6 Å². The van der Waals surface area contributed by atoms with Crippen LogP contribution in [0.5, 0.6) is 0 Å². The van der Waals surface area contributed by atoms with Crippen LogP contribution in [0.25, 0.3) is 0 Å². The molecule has 0 aliphatic heterocycles. The fourth-order valence-electron chi connectivity index (χ4n) is 0.525. The molecule has 10 heteroatoms. The number of nitrogens with one attached hydrogen (secondary N) is 2. The smallest absolute Gasteiger partial charge is 0.262 e. The minimum absolute atomic E-state index is 0.00960. The van der Waals surface area contributed by atoms with Gasteiger partial charge in [-0.25, -0.2) is 0 Å². The van der Waals surface area contributed by atoms with E-state index in [0.717, 1.165) is 0 Å². The third-order valence-electron chi connectivity index (χ3n) is 0.944. The lowest BCUT2D eigenvalue weighted by Crippen LogP contribution is -2.05. The summed E-state index contributed by atoms with van der Waals surface area (Å²) < 4.78 is 0.650. The van der Waals surface area contributed by atoms with E-state index in [1.165, 1.54) is 0 Å². The highest BCUT2D eigenvalue weighted by atomic mass is 35.5. The molecule has 6 nitrogen and oxygen atoms in total. The molecule has 1 aromatic heterocycles.